The highest BCUT2D eigenvalue weighted by Gasteiger charge is 2.52. The van der Waals surface area contributed by atoms with E-state index in [4.69, 9.17) is 5.11 Å². The van der Waals surface area contributed by atoms with E-state index in [1.807, 2.05) is 0 Å². The van der Waals surface area contributed by atoms with Gasteiger partial charge in [0.05, 0.1) is 0 Å². The van der Waals surface area contributed by atoms with Gasteiger partial charge in [-0.2, -0.15) is 0 Å². The quantitative estimate of drug-likeness (QED) is 0.366. The van der Waals surface area contributed by atoms with E-state index >= 15 is 0 Å². The zero-order valence-corrected chi connectivity index (χ0v) is 7.16. The first-order valence-electron chi connectivity index (χ1n) is 4.13. The number of imide groups is 1. The normalized spacial score (nSPS) is 35.9. The van der Waals surface area contributed by atoms with E-state index in [-0.39, 0.29) is 13.0 Å². The molecule has 3 amide bonds. The number of hydrogen-bond donors (Lipinski definition) is 4. The maximum atomic E-state index is 11.3. The van der Waals surface area contributed by atoms with E-state index in [1.54, 1.807) is 0 Å². The molecule has 0 aliphatic carbocycles. The maximum absolute atomic E-state index is 11.3. The van der Waals surface area contributed by atoms with Gasteiger partial charge in [-0.15, -0.1) is 0 Å². The van der Waals surface area contributed by atoms with Gasteiger partial charge >= 0.3 is 12.0 Å². The maximum Gasteiger partial charge on any atom is 0.322 e. The van der Waals surface area contributed by atoms with Crippen molar-refractivity contribution in [2.24, 2.45) is 0 Å². The van der Waals surface area contributed by atoms with Crippen molar-refractivity contribution in [3.05, 3.63) is 0 Å². The van der Waals surface area contributed by atoms with E-state index in [9.17, 15) is 14.4 Å². The molecule has 0 radical (unpaired) electrons. The Balaban J connectivity index is 2.17. The SMILES string of the molecule is O=C1NC(=O)[C@]2(CN[C@H](C(=O)O)C2)N1. The van der Waals surface area contributed by atoms with E-state index in [2.05, 4.69) is 16.0 Å². The first-order chi connectivity index (χ1) is 6.53. The fourth-order valence-electron chi connectivity index (χ4n) is 1.76. The third-order valence-electron chi connectivity index (χ3n) is 2.52. The summed E-state index contributed by atoms with van der Waals surface area (Å²) in [4.78, 5) is 32.8. The van der Waals surface area contributed by atoms with Gasteiger partial charge in [-0.05, 0) is 0 Å². The Labute approximate surface area is 78.8 Å². The van der Waals surface area contributed by atoms with Gasteiger partial charge in [-0.3, -0.25) is 14.9 Å². The van der Waals surface area contributed by atoms with Gasteiger partial charge in [0, 0.05) is 13.0 Å². The average Bonchev–Trinajstić information content (AvgIpc) is 2.59. The minimum Gasteiger partial charge on any atom is -0.480 e. The smallest absolute Gasteiger partial charge is 0.322 e. The molecule has 1 spiro atoms. The monoisotopic (exact) mass is 199 g/mol. The standard InChI is InChI=1S/C7H9N3O4/c11-4(12)3-1-7(2-8-3)5(13)9-6(14)10-7/h3,8H,1-2H2,(H,11,12)(H2,9,10,13,14)/t3-,7-/m0/s1. The van der Waals surface area contributed by atoms with Crippen LogP contribution < -0.4 is 16.0 Å². The summed E-state index contributed by atoms with van der Waals surface area (Å²) in [6, 6.07) is -1.35. The molecule has 0 unspecified atom stereocenters. The van der Waals surface area contributed by atoms with Gasteiger partial charge in [0.1, 0.15) is 11.6 Å². The lowest BCUT2D eigenvalue weighted by Crippen LogP contribution is -2.48. The van der Waals surface area contributed by atoms with E-state index in [0.717, 1.165) is 0 Å². The summed E-state index contributed by atoms with van der Waals surface area (Å²) in [5.41, 5.74) is -1.07. The molecule has 2 atom stereocenters. The van der Waals surface area contributed by atoms with Crippen molar-refractivity contribution in [3.63, 3.8) is 0 Å². The van der Waals surface area contributed by atoms with Gasteiger partial charge in [0.2, 0.25) is 0 Å². The Morgan fingerprint density at radius 3 is 2.64 bits per heavy atom. The Kier molecular flexibility index (Phi) is 1.71. The predicted molar refractivity (Wildman–Crippen MR) is 43.4 cm³/mol. The number of aliphatic carboxylic acids is 1. The molecule has 0 aromatic heterocycles. The Morgan fingerprint density at radius 2 is 2.21 bits per heavy atom. The molecule has 0 aromatic rings. The topological polar surface area (TPSA) is 108 Å². The molecule has 2 saturated heterocycles. The van der Waals surface area contributed by atoms with Crippen molar-refractivity contribution in [2.75, 3.05) is 6.54 Å². The number of urea groups is 1. The second kappa shape index (κ2) is 2.68. The molecule has 2 rings (SSSR count). The lowest BCUT2D eigenvalue weighted by atomic mass is 9.96. The predicted octanol–water partition coefficient (Wildman–Crippen LogP) is -1.99. The first-order valence-corrected chi connectivity index (χ1v) is 4.13. The van der Waals surface area contributed by atoms with Gasteiger partial charge in [-0.25, -0.2) is 4.79 Å². The number of carboxylic acid groups (broad SMARTS) is 1. The number of amides is 3. The van der Waals surface area contributed by atoms with Crippen LogP contribution in [0.15, 0.2) is 0 Å². The number of carbonyl (C=O) groups excluding carboxylic acids is 2. The van der Waals surface area contributed by atoms with Gasteiger partial charge < -0.3 is 15.7 Å². The number of carbonyl (C=O) groups is 3. The van der Waals surface area contributed by atoms with Crippen LogP contribution in [0.5, 0.6) is 0 Å². The molecule has 0 aromatic carbocycles. The van der Waals surface area contributed by atoms with Gasteiger partial charge in [0.15, 0.2) is 0 Å². The fourth-order valence-corrected chi connectivity index (χ4v) is 1.76. The first kappa shape index (κ1) is 8.95. The average molecular weight is 199 g/mol. The molecule has 0 saturated carbocycles. The highest BCUT2D eigenvalue weighted by atomic mass is 16.4. The summed E-state index contributed by atoms with van der Waals surface area (Å²) in [6.45, 7) is 0.154. The third kappa shape index (κ3) is 1.13. The number of hydrogen-bond acceptors (Lipinski definition) is 4. The zero-order chi connectivity index (χ0) is 10.3. The number of nitrogens with one attached hydrogen (secondary N) is 3. The highest BCUT2D eigenvalue weighted by Crippen LogP contribution is 2.22. The molecular weight excluding hydrogens is 190 g/mol. The molecule has 0 bridgehead atoms. The summed E-state index contributed by atoms with van der Waals surface area (Å²) >= 11 is 0. The molecular formula is C7H9N3O4. The van der Waals surface area contributed by atoms with Crippen molar-refractivity contribution >= 4 is 17.9 Å². The largest absolute Gasteiger partial charge is 0.480 e. The Morgan fingerprint density at radius 1 is 1.50 bits per heavy atom. The molecule has 2 aliphatic rings. The van der Waals surface area contributed by atoms with Gasteiger partial charge in [-0.1, -0.05) is 0 Å². The van der Waals surface area contributed by atoms with Crippen LogP contribution in [0.1, 0.15) is 6.42 Å². The molecule has 4 N–H and O–H groups in total. The molecule has 7 nitrogen and oxygen atoms in total. The number of rotatable bonds is 1. The van der Waals surface area contributed by atoms with E-state index < -0.39 is 29.5 Å². The van der Waals surface area contributed by atoms with Crippen LogP contribution >= 0.6 is 0 Å². The lowest BCUT2D eigenvalue weighted by Gasteiger charge is -2.17. The minimum atomic E-state index is -1.07. The van der Waals surface area contributed by atoms with Crippen LogP contribution in [0.2, 0.25) is 0 Å². The Hall–Kier alpha value is -1.63. The molecule has 7 heteroatoms. The van der Waals surface area contributed by atoms with Crippen molar-refractivity contribution in [3.8, 4) is 0 Å². The summed E-state index contributed by atoms with van der Waals surface area (Å²) in [5, 5.41) is 15.9. The van der Waals surface area contributed by atoms with Crippen molar-refractivity contribution in [1.29, 1.82) is 0 Å². The van der Waals surface area contributed by atoms with E-state index in [0.29, 0.717) is 0 Å². The fraction of sp³-hybridized carbons (Fsp3) is 0.571. The van der Waals surface area contributed by atoms with Crippen LogP contribution in [0, 0.1) is 0 Å². The minimum absolute atomic E-state index is 0.0832. The molecule has 2 fully saturated rings. The summed E-state index contributed by atoms with van der Waals surface area (Å²) in [5.74, 6) is -1.48. The van der Waals surface area contributed by atoms with Crippen LogP contribution in [0.3, 0.4) is 0 Å². The van der Waals surface area contributed by atoms with Crippen molar-refractivity contribution in [1.82, 2.24) is 16.0 Å². The molecule has 2 aliphatic heterocycles. The van der Waals surface area contributed by atoms with Crippen LogP contribution in [-0.4, -0.2) is 41.1 Å². The summed E-state index contributed by atoms with van der Waals surface area (Å²) in [6.07, 6.45) is 0.0832. The van der Waals surface area contributed by atoms with Crippen molar-refractivity contribution < 1.29 is 19.5 Å². The third-order valence-corrected chi connectivity index (χ3v) is 2.52. The van der Waals surface area contributed by atoms with E-state index in [1.165, 1.54) is 0 Å². The Bertz CT molecular complexity index is 329. The van der Waals surface area contributed by atoms with Gasteiger partial charge in [0.25, 0.3) is 5.91 Å². The van der Waals surface area contributed by atoms with Crippen LogP contribution in [-0.2, 0) is 9.59 Å². The summed E-state index contributed by atoms with van der Waals surface area (Å²) in [7, 11) is 0. The molecule has 14 heavy (non-hydrogen) atoms. The molecule has 76 valence electrons. The second-order valence-electron chi connectivity index (χ2n) is 3.47. The summed E-state index contributed by atoms with van der Waals surface area (Å²) < 4.78 is 0. The number of carboxylic acids is 1. The lowest BCUT2D eigenvalue weighted by molar-refractivity contribution is -0.139. The van der Waals surface area contributed by atoms with Crippen LogP contribution in [0.4, 0.5) is 4.79 Å². The highest BCUT2D eigenvalue weighted by molar-refractivity contribution is 6.07. The van der Waals surface area contributed by atoms with Crippen molar-refractivity contribution in [2.45, 2.75) is 18.0 Å². The molecule has 2 heterocycles. The zero-order valence-electron chi connectivity index (χ0n) is 7.16. The van der Waals surface area contributed by atoms with Crippen LogP contribution in [0.25, 0.3) is 0 Å². The second-order valence-corrected chi connectivity index (χ2v) is 3.47.